The molecule has 2 atom stereocenters. The van der Waals surface area contributed by atoms with Gasteiger partial charge in [0.25, 0.3) is 0 Å². The first kappa shape index (κ1) is 13.5. The number of amides is 1. The van der Waals surface area contributed by atoms with E-state index in [0.717, 1.165) is 31.6 Å². The lowest BCUT2D eigenvalue weighted by Crippen LogP contribution is -2.37. The van der Waals surface area contributed by atoms with Crippen LogP contribution in [0.15, 0.2) is 24.3 Å². The van der Waals surface area contributed by atoms with E-state index in [1.165, 1.54) is 12.1 Å². The summed E-state index contributed by atoms with van der Waals surface area (Å²) in [5.41, 5.74) is 0.925. The van der Waals surface area contributed by atoms with Crippen molar-refractivity contribution in [2.75, 3.05) is 26.3 Å². The van der Waals surface area contributed by atoms with Crippen LogP contribution in [0.1, 0.15) is 24.6 Å². The summed E-state index contributed by atoms with van der Waals surface area (Å²) in [7, 11) is 0. The summed E-state index contributed by atoms with van der Waals surface area (Å²) in [5.74, 6) is 0.241. The Morgan fingerprint density at radius 1 is 1.35 bits per heavy atom. The molecule has 0 aliphatic carbocycles. The van der Waals surface area contributed by atoms with Crippen LogP contribution in [0, 0.1) is 11.7 Å². The Morgan fingerprint density at radius 2 is 2.15 bits per heavy atom. The molecule has 1 amide bonds. The van der Waals surface area contributed by atoms with Gasteiger partial charge in [-0.2, -0.15) is 0 Å². The van der Waals surface area contributed by atoms with Crippen LogP contribution in [0.5, 0.6) is 0 Å². The summed E-state index contributed by atoms with van der Waals surface area (Å²) >= 11 is 0. The maximum Gasteiger partial charge on any atom is 0.238 e. The number of rotatable bonds is 3. The molecule has 2 aliphatic rings. The number of hydrogen-bond donors (Lipinski definition) is 1. The molecule has 20 heavy (non-hydrogen) atoms. The highest BCUT2D eigenvalue weighted by Crippen LogP contribution is 2.25. The Kier molecular flexibility index (Phi) is 3.98. The molecular formula is C15H19FN2O2. The van der Waals surface area contributed by atoms with Gasteiger partial charge in [-0.3, -0.25) is 10.1 Å². The summed E-state index contributed by atoms with van der Waals surface area (Å²) in [6.07, 6.45) is 2.01. The van der Waals surface area contributed by atoms with Crippen molar-refractivity contribution in [1.82, 2.24) is 10.2 Å². The van der Waals surface area contributed by atoms with Gasteiger partial charge in [0.2, 0.25) is 5.91 Å². The Bertz CT molecular complexity index is 471. The lowest BCUT2D eigenvalue weighted by atomic mass is 10.0. The molecule has 2 aliphatic heterocycles. The molecule has 4 nitrogen and oxygen atoms in total. The largest absolute Gasteiger partial charge is 0.381 e. The van der Waals surface area contributed by atoms with Gasteiger partial charge in [0.1, 0.15) is 12.0 Å². The molecule has 2 heterocycles. The van der Waals surface area contributed by atoms with Crippen LogP contribution in [-0.2, 0) is 9.53 Å². The zero-order valence-electron chi connectivity index (χ0n) is 11.3. The minimum atomic E-state index is -0.259. The quantitative estimate of drug-likeness (QED) is 0.914. The minimum absolute atomic E-state index is 0.102. The average molecular weight is 278 g/mol. The van der Waals surface area contributed by atoms with Crippen molar-refractivity contribution >= 4 is 5.91 Å². The highest BCUT2D eigenvalue weighted by atomic mass is 19.1. The van der Waals surface area contributed by atoms with E-state index in [9.17, 15) is 9.18 Å². The fourth-order valence-corrected chi connectivity index (χ4v) is 2.92. The summed E-state index contributed by atoms with van der Waals surface area (Å²) < 4.78 is 18.5. The van der Waals surface area contributed by atoms with Crippen molar-refractivity contribution < 1.29 is 13.9 Å². The molecule has 1 N–H and O–H groups in total. The van der Waals surface area contributed by atoms with Gasteiger partial charge < -0.3 is 9.64 Å². The van der Waals surface area contributed by atoms with E-state index >= 15 is 0 Å². The molecule has 1 aromatic rings. The second kappa shape index (κ2) is 5.89. The lowest BCUT2D eigenvalue weighted by Gasteiger charge is -2.30. The second-order valence-electron chi connectivity index (χ2n) is 5.46. The number of hydrogen-bond acceptors (Lipinski definition) is 3. The fraction of sp³-hybridized carbons (Fsp3) is 0.533. The maximum absolute atomic E-state index is 13.0. The van der Waals surface area contributed by atoms with Crippen LogP contribution >= 0.6 is 0 Å². The van der Waals surface area contributed by atoms with Gasteiger partial charge in [-0.15, -0.1) is 0 Å². The lowest BCUT2D eigenvalue weighted by molar-refractivity contribution is -0.129. The standard InChI is InChI=1S/C15H19FN2O2/c16-13-5-3-12(4-6-13)15-17-8-14(19)18(15)9-11-2-1-7-20-10-11/h3-6,11,15,17H,1-2,7-10H2. The van der Waals surface area contributed by atoms with Crippen LogP contribution in [0.4, 0.5) is 4.39 Å². The molecule has 0 saturated carbocycles. The van der Waals surface area contributed by atoms with Gasteiger partial charge in [0.15, 0.2) is 0 Å². The van der Waals surface area contributed by atoms with Crippen molar-refractivity contribution in [3.63, 3.8) is 0 Å². The minimum Gasteiger partial charge on any atom is -0.381 e. The van der Waals surface area contributed by atoms with Crippen molar-refractivity contribution in [1.29, 1.82) is 0 Å². The number of ether oxygens (including phenoxy) is 1. The van der Waals surface area contributed by atoms with Crippen molar-refractivity contribution in [2.45, 2.75) is 19.0 Å². The summed E-state index contributed by atoms with van der Waals surface area (Å²) in [6, 6.07) is 6.33. The molecule has 0 spiro atoms. The SMILES string of the molecule is O=C1CNC(c2ccc(F)cc2)N1CC1CCCOC1. The first-order valence-corrected chi connectivity index (χ1v) is 7.10. The van der Waals surface area contributed by atoms with Crippen LogP contribution < -0.4 is 5.32 Å². The highest BCUT2D eigenvalue weighted by molar-refractivity contribution is 5.81. The van der Waals surface area contributed by atoms with Gasteiger partial charge in [-0.1, -0.05) is 12.1 Å². The molecule has 3 rings (SSSR count). The van der Waals surface area contributed by atoms with E-state index in [2.05, 4.69) is 5.32 Å². The topological polar surface area (TPSA) is 41.6 Å². The van der Waals surface area contributed by atoms with E-state index in [1.54, 1.807) is 12.1 Å². The van der Waals surface area contributed by atoms with Gasteiger partial charge >= 0.3 is 0 Å². The predicted molar refractivity (Wildman–Crippen MR) is 72.4 cm³/mol. The average Bonchev–Trinajstić information content (AvgIpc) is 2.83. The first-order valence-electron chi connectivity index (χ1n) is 7.10. The van der Waals surface area contributed by atoms with Gasteiger partial charge in [-0.05, 0) is 30.5 Å². The summed E-state index contributed by atoms with van der Waals surface area (Å²) in [6.45, 7) is 2.59. The summed E-state index contributed by atoms with van der Waals surface area (Å²) in [4.78, 5) is 13.9. The Hall–Kier alpha value is -1.46. The maximum atomic E-state index is 13.0. The zero-order chi connectivity index (χ0) is 13.9. The van der Waals surface area contributed by atoms with Gasteiger partial charge in [-0.25, -0.2) is 4.39 Å². The van der Waals surface area contributed by atoms with Crippen LogP contribution in [0.25, 0.3) is 0 Å². The molecule has 1 aromatic carbocycles. The fourth-order valence-electron chi connectivity index (χ4n) is 2.92. The number of halogens is 1. The van der Waals surface area contributed by atoms with Gasteiger partial charge in [0.05, 0.1) is 13.2 Å². The number of nitrogens with zero attached hydrogens (tertiary/aromatic N) is 1. The Balaban J connectivity index is 1.72. The number of carbonyl (C=O) groups is 1. The third-order valence-electron chi connectivity index (χ3n) is 3.97. The third kappa shape index (κ3) is 2.83. The Labute approximate surface area is 117 Å². The predicted octanol–water partition coefficient (Wildman–Crippen LogP) is 1.68. The molecule has 2 unspecified atom stereocenters. The zero-order valence-corrected chi connectivity index (χ0v) is 11.3. The monoisotopic (exact) mass is 278 g/mol. The first-order chi connectivity index (χ1) is 9.74. The number of benzene rings is 1. The van der Waals surface area contributed by atoms with E-state index in [1.807, 2.05) is 4.90 Å². The smallest absolute Gasteiger partial charge is 0.238 e. The van der Waals surface area contributed by atoms with E-state index in [0.29, 0.717) is 19.0 Å². The molecule has 0 radical (unpaired) electrons. The number of nitrogens with one attached hydrogen (secondary N) is 1. The van der Waals surface area contributed by atoms with Crippen LogP contribution in [0.2, 0.25) is 0 Å². The van der Waals surface area contributed by atoms with Crippen molar-refractivity contribution in [2.24, 2.45) is 5.92 Å². The van der Waals surface area contributed by atoms with Crippen LogP contribution in [0.3, 0.4) is 0 Å². The van der Waals surface area contributed by atoms with Crippen molar-refractivity contribution in [3.8, 4) is 0 Å². The molecular weight excluding hydrogens is 259 g/mol. The van der Waals surface area contributed by atoms with Crippen LogP contribution in [-0.4, -0.2) is 37.1 Å². The van der Waals surface area contributed by atoms with Gasteiger partial charge in [0, 0.05) is 19.1 Å². The number of carbonyl (C=O) groups excluding carboxylic acids is 1. The molecule has 5 heteroatoms. The Morgan fingerprint density at radius 3 is 2.85 bits per heavy atom. The summed E-state index contributed by atoms with van der Waals surface area (Å²) in [5, 5.41) is 3.19. The molecule has 108 valence electrons. The van der Waals surface area contributed by atoms with Crippen molar-refractivity contribution in [3.05, 3.63) is 35.6 Å². The molecule has 0 aromatic heterocycles. The molecule has 0 bridgehead atoms. The van der Waals surface area contributed by atoms with E-state index in [4.69, 9.17) is 4.74 Å². The van der Waals surface area contributed by atoms with E-state index < -0.39 is 0 Å². The third-order valence-corrected chi connectivity index (χ3v) is 3.97. The normalized spacial score (nSPS) is 27.1. The second-order valence-corrected chi connectivity index (χ2v) is 5.46. The van der Waals surface area contributed by atoms with E-state index in [-0.39, 0.29) is 17.9 Å². The molecule has 2 fully saturated rings. The molecule has 2 saturated heterocycles. The highest BCUT2D eigenvalue weighted by Gasteiger charge is 2.33.